The highest BCUT2D eigenvalue weighted by Crippen LogP contribution is 2.38. The Morgan fingerprint density at radius 3 is 2.63 bits per heavy atom. The summed E-state index contributed by atoms with van der Waals surface area (Å²) in [6.07, 6.45) is 1.65. The second-order valence-corrected chi connectivity index (χ2v) is 5.36. The van der Waals surface area contributed by atoms with E-state index in [2.05, 4.69) is 20.9 Å². The minimum absolute atomic E-state index is 0.228. The molecule has 0 aliphatic carbocycles. The van der Waals surface area contributed by atoms with Gasteiger partial charge in [-0.25, -0.2) is 9.37 Å². The fraction of sp³-hybridized carbons (Fsp3) is 0.267. The first-order chi connectivity index (χ1) is 9.04. The van der Waals surface area contributed by atoms with Crippen LogP contribution in [0, 0.1) is 5.82 Å². The Morgan fingerprint density at radius 2 is 2.00 bits per heavy atom. The molecule has 2 aromatic rings. The van der Waals surface area contributed by atoms with Crippen molar-refractivity contribution in [2.45, 2.75) is 19.8 Å². The maximum atomic E-state index is 13.8. The third-order valence-corrected chi connectivity index (χ3v) is 3.83. The van der Waals surface area contributed by atoms with Gasteiger partial charge in [-0.2, -0.15) is 0 Å². The molecule has 0 N–H and O–H groups in total. The maximum Gasteiger partial charge on any atom is 0.221 e. The third kappa shape index (κ3) is 2.78. The smallest absolute Gasteiger partial charge is 0.221 e. The van der Waals surface area contributed by atoms with E-state index >= 15 is 0 Å². The van der Waals surface area contributed by atoms with E-state index in [1.54, 1.807) is 19.4 Å². The summed E-state index contributed by atoms with van der Waals surface area (Å²) in [5, 5.41) is 0. The van der Waals surface area contributed by atoms with Crippen LogP contribution in [-0.4, -0.2) is 12.1 Å². The van der Waals surface area contributed by atoms with E-state index in [0.717, 1.165) is 21.2 Å². The van der Waals surface area contributed by atoms with E-state index in [1.807, 2.05) is 26.0 Å². The summed E-state index contributed by atoms with van der Waals surface area (Å²) < 4.78 is 19.9. The zero-order valence-electron chi connectivity index (χ0n) is 11.1. The second kappa shape index (κ2) is 5.70. The number of pyridine rings is 1. The molecule has 0 radical (unpaired) electrons. The fourth-order valence-corrected chi connectivity index (χ4v) is 2.89. The molecule has 0 aliphatic heterocycles. The van der Waals surface area contributed by atoms with Gasteiger partial charge in [0, 0.05) is 21.8 Å². The number of hydrogen-bond donors (Lipinski definition) is 0. The van der Waals surface area contributed by atoms with Crippen LogP contribution in [0.4, 0.5) is 4.39 Å². The zero-order valence-corrected chi connectivity index (χ0v) is 12.7. The Kier molecular flexibility index (Phi) is 4.20. The summed E-state index contributed by atoms with van der Waals surface area (Å²) in [6, 6.07) is 6.73. The number of rotatable bonds is 3. The molecule has 19 heavy (non-hydrogen) atoms. The van der Waals surface area contributed by atoms with Crippen LogP contribution in [0.3, 0.4) is 0 Å². The van der Waals surface area contributed by atoms with Crippen molar-refractivity contribution in [1.82, 2.24) is 4.98 Å². The molecule has 0 amide bonds. The number of nitrogens with zero attached hydrogens (tertiary/aromatic N) is 1. The minimum atomic E-state index is -0.257. The molecule has 0 aliphatic rings. The van der Waals surface area contributed by atoms with Crippen LogP contribution in [0.5, 0.6) is 5.88 Å². The Labute approximate surface area is 120 Å². The number of ether oxygens (including phenoxy) is 1. The van der Waals surface area contributed by atoms with Crippen molar-refractivity contribution in [3.63, 3.8) is 0 Å². The molecule has 0 saturated heterocycles. The van der Waals surface area contributed by atoms with Crippen molar-refractivity contribution in [3.8, 4) is 17.0 Å². The average molecular weight is 324 g/mol. The number of aromatic nitrogens is 1. The van der Waals surface area contributed by atoms with Gasteiger partial charge >= 0.3 is 0 Å². The number of methoxy groups -OCH3 is 1. The lowest BCUT2D eigenvalue weighted by molar-refractivity contribution is 0.399. The van der Waals surface area contributed by atoms with Crippen molar-refractivity contribution < 1.29 is 9.13 Å². The quantitative estimate of drug-likeness (QED) is 0.810. The molecular formula is C15H15BrFNO. The topological polar surface area (TPSA) is 22.1 Å². The van der Waals surface area contributed by atoms with Gasteiger partial charge in [-0.1, -0.05) is 13.8 Å². The van der Waals surface area contributed by atoms with Gasteiger partial charge in [-0.05, 0) is 51.7 Å². The van der Waals surface area contributed by atoms with E-state index in [-0.39, 0.29) is 11.7 Å². The number of hydrogen-bond acceptors (Lipinski definition) is 2. The molecule has 0 fully saturated rings. The molecule has 0 saturated carbocycles. The van der Waals surface area contributed by atoms with Crippen LogP contribution in [0.1, 0.15) is 25.3 Å². The fourth-order valence-electron chi connectivity index (χ4n) is 1.98. The van der Waals surface area contributed by atoms with Crippen LogP contribution < -0.4 is 4.74 Å². The highest BCUT2D eigenvalue weighted by atomic mass is 79.9. The Morgan fingerprint density at radius 1 is 1.26 bits per heavy atom. The average Bonchev–Trinajstić information content (AvgIpc) is 2.40. The molecule has 2 rings (SSSR count). The van der Waals surface area contributed by atoms with Gasteiger partial charge in [0.25, 0.3) is 0 Å². The molecule has 0 bridgehead atoms. The lowest BCUT2D eigenvalue weighted by atomic mass is 9.97. The maximum absolute atomic E-state index is 13.8. The molecule has 100 valence electrons. The molecule has 1 aromatic carbocycles. The number of halogens is 2. The van der Waals surface area contributed by atoms with Gasteiger partial charge in [0.1, 0.15) is 5.82 Å². The molecule has 0 unspecified atom stereocenters. The van der Waals surface area contributed by atoms with Gasteiger partial charge in [-0.15, -0.1) is 0 Å². The van der Waals surface area contributed by atoms with Crippen LogP contribution in [-0.2, 0) is 0 Å². The molecular weight excluding hydrogens is 309 g/mol. The second-order valence-electron chi connectivity index (χ2n) is 4.57. The Bertz CT molecular complexity index is 599. The molecule has 0 spiro atoms. The summed E-state index contributed by atoms with van der Waals surface area (Å²) in [5.74, 6) is 0.461. The predicted molar refractivity (Wildman–Crippen MR) is 78.0 cm³/mol. The molecule has 1 heterocycles. The van der Waals surface area contributed by atoms with Crippen molar-refractivity contribution in [3.05, 3.63) is 46.3 Å². The monoisotopic (exact) mass is 323 g/mol. The van der Waals surface area contributed by atoms with Gasteiger partial charge in [0.2, 0.25) is 5.88 Å². The van der Waals surface area contributed by atoms with E-state index < -0.39 is 0 Å². The lowest BCUT2D eigenvalue weighted by Gasteiger charge is -2.14. The van der Waals surface area contributed by atoms with Crippen molar-refractivity contribution in [2.75, 3.05) is 7.11 Å². The van der Waals surface area contributed by atoms with Gasteiger partial charge in [0.15, 0.2) is 0 Å². The van der Waals surface area contributed by atoms with Crippen LogP contribution in [0.15, 0.2) is 34.9 Å². The van der Waals surface area contributed by atoms with E-state index in [4.69, 9.17) is 4.74 Å². The predicted octanol–water partition coefficient (Wildman–Crippen LogP) is 4.78. The normalized spacial score (nSPS) is 10.8. The summed E-state index contributed by atoms with van der Waals surface area (Å²) in [4.78, 5) is 4.15. The Balaban J connectivity index is 2.68. The van der Waals surface area contributed by atoms with Crippen LogP contribution >= 0.6 is 15.9 Å². The SMILES string of the molecule is COc1ncccc1-c1cc(F)cc(C(C)C)c1Br. The van der Waals surface area contributed by atoms with E-state index in [1.165, 1.54) is 6.07 Å². The first kappa shape index (κ1) is 14.0. The number of benzene rings is 1. The van der Waals surface area contributed by atoms with Crippen molar-refractivity contribution in [1.29, 1.82) is 0 Å². The van der Waals surface area contributed by atoms with Crippen molar-refractivity contribution in [2.24, 2.45) is 0 Å². The summed E-state index contributed by atoms with van der Waals surface area (Å²) in [7, 11) is 1.56. The summed E-state index contributed by atoms with van der Waals surface area (Å²) >= 11 is 3.57. The summed E-state index contributed by atoms with van der Waals surface area (Å²) in [5.41, 5.74) is 2.47. The van der Waals surface area contributed by atoms with E-state index in [9.17, 15) is 4.39 Å². The molecule has 2 nitrogen and oxygen atoms in total. The zero-order chi connectivity index (χ0) is 14.0. The Hall–Kier alpha value is -1.42. The third-order valence-electron chi connectivity index (χ3n) is 2.94. The van der Waals surface area contributed by atoms with Crippen molar-refractivity contribution >= 4 is 15.9 Å². The molecule has 1 aromatic heterocycles. The first-order valence-corrected chi connectivity index (χ1v) is 6.82. The highest BCUT2D eigenvalue weighted by molar-refractivity contribution is 9.10. The highest BCUT2D eigenvalue weighted by Gasteiger charge is 2.16. The first-order valence-electron chi connectivity index (χ1n) is 6.03. The van der Waals surface area contributed by atoms with Gasteiger partial charge < -0.3 is 4.74 Å². The minimum Gasteiger partial charge on any atom is -0.481 e. The standard InChI is InChI=1S/C15H15BrFNO/c1-9(2)12-7-10(17)8-13(14(12)16)11-5-4-6-18-15(11)19-3/h4-9H,1-3H3. The largest absolute Gasteiger partial charge is 0.481 e. The van der Waals surface area contributed by atoms with Crippen LogP contribution in [0.2, 0.25) is 0 Å². The molecule has 4 heteroatoms. The lowest BCUT2D eigenvalue weighted by Crippen LogP contribution is -1.96. The van der Waals surface area contributed by atoms with Gasteiger partial charge in [0.05, 0.1) is 7.11 Å². The van der Waals surface area contributed by atoms with E-state index in [0.29, 0.717) is 5.88 Å². The van der Waals surface area contributed by atoms with Crippen LogP contribution in [0.25, 0.3) is 11.1 Å². The molecule has 0 atom stereocenters. The van der Waals surface area contributed by atoms with Gasteiger partial charge in [-0.3, -0.25) is 0 Å². The summed E-state index contributed by atoms with van der Waals surface area (Å²) in [6.45, 7) is 4.06.